The zero-order chi connectivity index (χ0) is 11.3. The Morgan fingerprint density at radius 1 is 1.19 bits per heavy atom. The minimum absolute atomic E-state index is 0. The van der Waals surface area contributed by atoms with Gasteiger partial charge in [0.15, 0.2) is 0 Å². The maximum Gasteiger partial charge on any atom is 0.00868 e. The van der Waals surface area contributed by atoms with E-state index in [0.29, 0.717) is 6.04 Å². The highest BCUT2D eigenvalue weighted by Gasteiger charge is 2.16. The summed E-state index contributed by atoms with van der Waals surface area (Å²) in [6.45, 7) is 10.7. The second-order valence-corrected chi connectivity index (χ2v) is 5.45. The largest absolute Gasteiger partial charge is 0.317 e. The number of nitrogens with one attached hydrogen (secondary N) is 1. The Bertz CT molecular complexity index is 167. The summed E-state index contributed by atoms with van der Waals surface area (Å²) in [6.07, 6.45) is 4.14. The molecule has 0 aromatic heterocycles. The molecule has 1 aliphatic heterocycles. The van der Waals surface area contributed by atoms with Crippen molar-refractivity contribution in [2.45, 2.75) is 46.1 Å². The predicted molar refractivity (Wildman–Crippen MR) is 74.4 cm³/mol. The van der Waals surface area contributed by atoms with Gasteiger partial charge in [0.05, 0.1) is 0 Å². The molecule has 1 heterocycles. The smallest absolute Gasteiger partial charge is 0.00868 e. The summed E-state index contributed by atoms with van der Waals surface area (Å²) in [4.78, 5) is 2.52. The highest BCUT2D eigenvalue weighted by Crippen LogP contribution is 2.17. The molecule has 1 saturated heterocycles. The van der Waals surface area contributed by atoms with Gasteiger partial charge in [0.1, 0.15) is 0 Å². The van der Waals surface area contributed by atoms with Crippen LogP contribution in [0.2, 0.25) is 0 Å². The van der Waals surface area contributed by atoms with Gasteiger partial charge in [-0.3, -0.25) is 0 Å². The Labute approximate surface area is 108 Å². The number of hydrogen-bond donors (Lipinski definition) is 1. The van der Waals surface area contributed by atoms with Crippen molar-refractivity contribution in [1.29, 1.82) is 0 Å². The lowest BCUT2D eigenvalue weighted by molar-refractivity contribution is 0.187. The summed E-state index contributed by atoms with van der Waals surface area (Å²) in [5.41, 5.74) is 0. The van der Waals surface area contributed by atoms with Gasteiger partial charge in [-0.25, -0.2) is 0 Å². The molecule has 1 atom stereocenters. The quantitative estimate of drug-likeness (QED) is 0.805. The van der Waals surface area contributed by atoms with Gasteiger partial charge in [-0.1, -0.05) is 13.8 Å². The van der Waals surface area contributed by atoms with Crippen LogP contribution in [0.25, 0.3) is 0 Å². The number of piperidine rings is 1. The van der Waals surface area contributed by atoms with E-state index in [1.807, 2.05) is 0 Å². The van der Waals surface area contributed by atoms with E-state index >= 15 is 0 Å². The summed E-state index contributed by atoms with van der Waals surface area (Å²) in [6, 6.07) is 0.715. The van der Waals surface area contributed by atoms with Crippen LogP contribution in [0.5, 0.6) is 0 Å². The van der Waals surface area contributed by atoms with Crippen LogP contribution in [0.4, 0.5) is 0 Å². The van der Waals surface area contributed by atoms with E-state index in [-0.39, 0.29) is 12.4 Å². The van der Waals surface area contributed by atoms with Crippen molar-refractivity contribution in [2.24, 2.45) is 11.8 Å². The standard InChI is InChI=1S/C13H28N2.ClH/c1-11(2)12(3)15(4)10-7-13-5-8-14-9-6-13;/h11-14H,5-10H2,1-4H3;1H. The van der Waals surface area contributed by atoms with E-state index in [1.54, 1.807) is 0 Å². The van der Waals surface area contributed by atoms with Crippen LogP contribution in [0.3, 0.4) is 0 Å². The fourth-order valence-electron chi connectivity index (χ4n) is 2.27. The normalized spacial score (nSPS) is 19.9. The van der Waals surface area contributed by atoms with Crippen molar-refractivity contribution in [3.8, 4) is 0 Å². The second kappa shape index (κ2) is 8.32. The minimum Gasteiger partial charge on any atom is -0.317 e. The average Bonchev–Trinajstić information content (AvgIpc) is 2.26. The van der Waals surface area contributed by atoms with Crippen molar-refractivity contribution < 1.29 is 0 Å². The number of nitrogens with zero attached hydrogens (tertiary/aromatic N) is 1. The molecule has 0 radical (unpaired) electrons. The summed E-state index contributed by atoms with van der Waals surface area (Å²) in [5.74, 6) is 1.73. The van der Waals surface area contributed by atoms with Crippen LogP contribution >= 0.6 is 12.4 Å². The summed E-state index contributed by atoms with van der Waals surface area (Å²) in [7, 11) is 2.27. The summed E-state index contributed by atoms with van der Waals surface area (Å²) >= 11 is 0. The van der Waals surface area contributed by atoms with Gasteiger partial charge < -0.3 is 10.2 Å². The molecular weight excluding hydrogens is 220 g/mol. The van der Waals surface area contributed by atoms with Crippen LogP contribution in [-0.4, -0.2) is 37.6 Å². The Kier molecular flexibility index (Phi) is 8.43. The first-order valence-electron chi connectivity index (χ1n) is 6.52. The van der Waals surface area contributed by atoms with Crippen molar-refractivity contribution >= 4 is 12.4 Å². The molecule has 0 aromatic carbocycles. The first-order chi connectivity index (χ1) is 7.11. The predicted octanol–water partition coefficient (Wildman–Crippen LogP) is 2.77. The number of hydrogen-bond acceptors (Lipinski definition) is 2. The monoisotopic (exact) mass is 248 g/mol. The van der Waals surface area contributed by atoms with E-state index in [2.05, 4.69) is 38.0 Å². The highest BCUT2D eigenvalue weighted by atomic mass is 35.5. The van der Waals surface area contributed by atoms with Crippen molar-refractivity contribution in [1.82, 2.24) is 10.2 Å². The molecule has 2 nitrogen and oxygen atoms in total. The van der Waals surface area contributed by atoms with Gasteiger partial charge in [-0.2, -0.15) is 0 Å². The molecule has 1 N–H and O–H groups in total. The zero-order valence-corrected chi connectivity index (χ0v) is 12.1. The minimum atomic E-state index is 0. The molecule has 3 heteroatoms. The Balaban J connectivity index is 0.00000225. The van der Waals surface area contributed by atoms with Crippen molar-refractivity contribution in [2.75, 3.05) is 26.7 Å². The zero-order valence-electron chi connectivity index (χ0n) is 11.3. The van der Waals surface area contributed by atoms with Crippen molar-refractivity contribution in [3.63, 3.8) is 0 Å². The van der Waals surface area contributed by atoms with E-state index in [9.17, 15) is 0 Å². The maximum absolute atomic E-state index is 3.43. The van der Waals surface area contributed by atoms with Crippen molar-refractivity contribution in [3.05, 3.63) is 0 Å². The first-order valence-corrected chi connectivity index (χ1v) is 6.52. The molecule has 0 aliphatic carbocycles. The molecule has 16 heavy (non-hydrogen) atoms. The average molecular weight is 249 g/mol. The number of halogens is 1. The van der Waals surface area contributed by atoms with Crippen LogP contribution in [0, 0.1) is 11.8 Å². The van der Waals surface area contributed by atoms with Crippen LogP contribution in [0.1, 0.15) is 40.0 Å². The molecule has 0 saturated carbocycles. The van der Waals surface area contributed by atoms with Gasteiger partial charge in [0.2, 0.25) is 0 Å². The van der Waals surface area contributed by atoms with Gasteiger partial charge in [0, 0.05) is 6.04 Å². The third kappa shape index (κ3) is 5.51. The maximum atomic E-state index is 3.43. The highest BCUT2D eigenvalue weighted by molar-refractivity contribution is 5.85. The Morgan fingerprint density at radius 2 is 1.75 bits per heavy atom. The third-order valence-electron chi connectivity index (χ3n) is 4.01. The van der Waals surface area contributed by atoms with Crippen LogP contribution in [-0.2, 0) is 0 Å². The first kappa shape index (κ1) is 16.2. The lowest BCUT2D eigenvalue weighted by Gasteiger charge is -2.30. The molecule has 0 bridgehead atoms. The molecule has 98 valence electrons. The number of rotatable bonds is 5. The van der Waals surface area contributed by atoms with Gasteiger partial charge in [-0.15, -0.1) is 12.4 Å². The third-order valence-corrected chi connectivity index (χ3v) is 4.01. The van der Waals surface area contributed by atoms with E-state index in [0.717, 1.165) is 11.8 Å². The second-order valence-electron chi connectivity index (χ2n) is 5.45. The van der Waals surface area contributed by atoms with Gasteiger partial charge in [-0.05, 0) is 64.7 Å². The van der Waals surface area contributed by atoms with Crippen LogP contribution < -0.4 is 5.32 Å². The molecule has 0 spiro atoms. The Hall–Kier alpha value is 0.210. The lowest BCUT2D eigenvalue weighted by atomic mass is 9.94. The fraction of sp³-hybridized carbons (Fsp3) is 1.00. The fourth-order valence-corrected chi connectivity index (χ4v) is 2.27. The molecule has 1 fully saturated rings. The van der Waals surface area contributed by atoms with Gasteiger partial charge >= 0.3 is 0 Å². The summed E-state index contributed by atoms with van der Waals surface area (Å²) in [5, 5.41) is 3.43. The molecule has 0 amide bonds. The van der Waals surface area contributed by atoms with E-state index in [1.165, 1.54) is 38.9 Å². The SMILES string of the molecule is CC(C)C(C)N(C)CCC1CCNCC1.Cl. The Morgan fingerprint density at radius 3 is 2.25 bits per heavy atom. The molecule has 1 aliphatic rings. The molecule has 0 aromatic rings. The summed E-state index contributed by atoms with van der Waals surface area (Å²) < 4.78 is 0. The lowest BCUT2D eigenvalue weighted by Crippen LogP contribution is -2.36. The molecule has 1 rings (SSSR count). The molecular formula is C13H29ClN2. The van der Waals surface area contributed by atoms with Gasteiger partial charge in [0.25, 0.3) is 0 Å². The van der Waals surface area contributed by atoms with E-state index < -0.39 is 0 Å². The topological polar surface area (TPSA) is 15.3 Å². The van der Waals surface area contributed by atoms with Crippen LogP contribution in [0.15, 0.2) is 0 Å². The van der Waals surface area contributed by atoms with E-state index in [4.69, 9.17) is 0 Å². The molecule has 1 unspecified atom stereocenters.